The van der Waals surface area contributed by atoms with E-state index in [1.807, 2.05) is 45.0 Å². The summed E-state index contributed by atoms with van der Waals surface area (Å²) < 4.78 is 0. The monoisotopic (exact) mass is 357 g/mol. The SMILES string of the molecule is Cc1cc(Nc2cnc(-c3ccc(Cl)c(NC(C)C)c3)c(N)n2)n[nH]1. The van der Waals surface area contributed by atoms with Gasteiger partial charge in [0.1, 0.15) is 5.69 Å². The van der Waals surface area contributed by atoms with E-state index in [1.165, 1.54) is 0 Å². The highest BCUT2D eigenvalue weighted by molar-refractivity contribution is 6.33. The van der Waals surface area contributed by atoms with Gasteiger partial charge in [0.15, 0.2) is 17.5 Å². The number of aryl methyl sites for hydroxylation is 1. The summed E-state index contributed by atoms with van der Waals surface area (Å²) in [7, 11) is 0. The number of rotatable bonds is 5. The molecule has 0 unspecified atom stereocenters. The number of aromatic amines is 1. The highest BCUT2D eigenvalue weighted by Crippen LogP contribution is 2.31. The van der Waals surface area contributed by atoms with Crippen LogP contribution < -0.4 is 16.4 Å². The van der Waals surface area contributed by atoms with Gasteiger partial charge in [-0.25, -0.2) is 9.97 Å². The molecular weight excluding hydrogens is 338 g/mol. The van der Waals surface area contributed by atoms with Gasteiger partial charge in [0.2, 0.25) is 0 Å². The third-order valence-corrected chi connectivity index (χ3v) is 3.78. The average Bonchev–Trinajstić information content (AvgIpc) is 2.94. The zero-order valence-corrected chi connectivity index (χ0v) is 15.0. The molecule has 0 saturated heterocycles. The number of aromatic nitrogens is 4. The number of nitrogens with zero attached hydrogens (tertiary/aromatic N) is 3. The van der Waals surface area contributed by atoms with Crippen molar-refractivity contribution in [1.29, 1.82) is 0 Å². The van der Waals surface area contributed by atoms with Crippen LogP contribution in [0.15, 0.2) is 30.5 Å². The lowest BCUT2D eigenvalue weighted by Gasteiger charge is -2.14. The second kappa shape index (κ2) is 6.98. The second-order valence-electron chi connectivity index (χ2n) is 6.04. The molecule has 0 fully saturated rings. The number of benzene rings is 1. The van der Waals surface area contributed by atoms with Crippen LogP contribution in [0.3, 0.4) is 0 Å². The topological polar surface area (TPSA) is 105 Å². The number of nitrogen functional groups attached to an aromatic ring is 1. The molecule has 5 N–H and O–H groups in total. The first kappa shape index (κ1) is 17.0. The van der Waals surface area contributed by atoms with Crippen molar-refractivity contribution in [2.45, 2.75) is 26.8 Å². The molecule has 2 heterocycles. The Kier molecular flexibility index (Phi) is 4.76. The van der Waals surface area contributed by atoms with Gasteiger partial charge in [0.25, 0.3) is 0 Å². The van der Waals surface area contributed by atoms with E-state index in [1.54, 1.807) is 6.20 Å². The number of halogens is 1. The Labute approximate surface area is 151 Å². The molecule has 0 atom stereocenters. The number of anilines is 4. The van der Waals surface area contributed by atoms with Gasteiger partial charge in [0.05, 0.1) is 16.9 Å². The molecule has 7 nitrogen and oxygen atoms in total. The molecule has 0 spiro atoms. The molecule has 0 saturated carbocycles. The molecule has 2 aromatic heterocycles. The summed E-state index contributed by atoms with van der Waals surface area (Å²) in [5.74, 6) is 1.52. The summed E-state index contributed by atoms with van der Waals surface area (Å²) in [6.45, 7) is 6.02. The van der Waals surface area contributed by atoms with Crippen LogP contribution in [0, 0.1) is 6.92 Å². The quantitative estimate of drug-likeness (QED) is 0.550. The van der Waals surface area contributed by atoms with Crippen molar-refractivity contribution in [2.75, 3.05) is 16.4 Å². The van der Waals surface area contributed by atoms with Gasteiger partial charge in [-0.2, -0.15) is 5.10 Å². The third-order valence-electron chi connectivity index (χ3n) is 3.45. The van der Waals surface area contributed by atoms with Crippen molar-refractivity contribution in [2.24, 2.45) is 0 Å². The Bertz CT molecular complexity index is 888. The minimum absolute atomic E-state index is 0.264. The fourth-order valence-electron chi connectivity index (χ4n) is 2.39. The van der Waals surface area contributed by atoms with Crippen LogP contribution in [-0.2, 0) is 0 Å². The van der Waals surface area contributed by atoms with Gasteiger partial charge in [0, 0.05) is 23.4 Å². The van der Waals surface area contributed by atoms with Crippen LogP contribution in [0.4, 0.5) is 23.1 Å². The Morgan fingerprint density at radius 1 is 1.20 bits per heavy atom. The van der Waals surface area contributed by atoms with E-state index in [2.05, 4.69) is 30.8 Å². The Morgan fingerprint density at radius 3 is 2.64 bits per heavy atom. The highest BCUT2D eigenvalue weighted by atomic mass is 35.5. The molecule has 0 aliphatic heterocycles. The molecular formula is C17H20ClN7. The number of nitrogens with one attached hydrogen (secondary N) is 3. The van der Waals surface area contributed by atoms with E-state index >= 15 is 0 Å². The van der Waals surface area contributed by atoms with Gasteiger partial charge in [-0.1, -0.05) is 17.7 Å². The summed E-state index contributed by atoms with van der Waals surface area (Å²) in [6, 6.07) is 7.75. The van der Waals surface area contributed by atoms with E-state index in [-0.39, 0.29) is 6.04 Å². The number of H-pyrrole nitrogens is 1. The fourth-order valence-corrected chi connectivity index (χ4v) is 2.57. The predicted molar refractivity (Wildman–Crippen MR) is 102 cm³/mol. The maximum Gasteiger partial charge on any atom is 0.153 e. The van der Waals surface area contributed by atoms with Crippen LogP contribution in [0.25, 0.3) is 11.3 Å². The van der Waals surface area contributed by atoms with E-state index < -0.39 is 0 Å². The lowest BCUT2D eigenvalue weighted by atomic mass is 10.1. The van der Waals surface area contributed by atoms with Gasteiger partial charge >= 0.3 is 0 Å². The predicted octanol–water partition coefficient (Wildman–Crippen LogP) is 3.97. The minimum atomic E-state index is 0.264. The molecule has 3 aromatic rings. The molecule has 0 aliphatic carbocycles. The maximum atomic E-state index is 6.24. The summed E-state index contributed by atoms with van der Waals surface area (Å²) >= 11 is 6.24. The van der Waals surface area contributed by atoms with E-state index in [9.17, 15) is 0 Å². The lowest BCUT2D eigenvalue weighted by Crippen LogP contribution is -2.10. The lowest BCUT2D eigenvalue weighted by molar-refractivity contribution is 0.900. The number of hydrogen-bond acceptors (Lipinski definition) is 6. The fraction of sp³-hybridized carbons (Fsp3) is 0.235. The zero-order chi connectivity index (χ0) is 18.0. The molecule has 0 bridgehead atoms. The van der Waals surface area contributed by atoms with Crippen LogP contribution in [0.1, 0.15) is 19.5 Å². The zero-order valence-electron chi connectivity index (χ0n) is 14.3. The van der Waals surface area contributed by atoms with Crippen molar-refractivity contribution < 1.29 is 0 Å². The van der Waals surface area contributed by atoms with E-state index in [0.717, 1.165) is 16.9 Å². The molecule has 25 heavy (non-hydrogen) atoms. The van der Waals surface area contributed by atoms with Crippen LogP contribution in [0.5, 0.6) is 0 Å². The van der Waals surface area contributed by atoms with Crippen molar-refractivity contribution in [1.82, 2.24) is 20.2 Å². The summed E-state index contributed by atoms with van der Waals surface area (Å²) in [4.78, 5) is 8.81. The molecule has 0 aliphatic rings. The van der Waals surface area contributed by atoms with E-state index in [0.29, 0.717) is 28.2 Å². The highest BCUT2D eigenvalue weighted by Gasteiger charge is 2.11. The maximum absolute atomic E-state index is 6.24. The van der Waals surface area contributed by atoms with Crippen molar-refractivity contribution in [3.05, 3.63) is 41.2 Å². The number of hydrogen-bond donors (Lipinski definition) is 4. The van der Waals surface area contributed by atoms with Crippen molar-refractivity contribution >= 4 is 34.7 Å². The minimum Gasteiger partial charge on any atom is -0.382 e. The molecule has 8 heteroatoms. The first-order chi connectivity index (χ1) is 11.9. The largest absolute Gasteiger partial charge is 0.382 e. The molecule has 0 amide bonds. The first-order valence-corrected chi connectivity index (χ1v) is 8.28. The van der Waals surface area contributed by atoms with Crippen molar-refractivity contribution in [3.8, 4) is 11.3 Å². The summed E-state index contributed by atoms with van der Waals surface area (Å²) in [6.07, 6.45) is 1.62. The van der Waals surface area contributed by atoms with Gasteiger partial charge in [-0.15, -0.1) is 0 Å². The second-order valence-corrected chi connectivity index (χ2v) is 6.45. The normalized spacial score (nSPS) is 10.9. The van der Waals surface area contributed by atoms with Crippen LogP contribution in [0.2, 0.25) is 5.02 Å². The van der Waals surface area contributed by atoms with Gasteiger partial charge < -0.3 is 16.4 Å². The van der Waals surface area contributed by atoms with Crippen LogP contribution >= 0.6 is 11.6 Å². The first-order valence-electron chi connectivity index (χ1n) is 7.90. The summed E-state index contributed by atoms with van der Waals surface area (Å²) in [5.41, 5.74) is 9.35. The molecule has 0 radical (unpaired) electrons. The Balaban J connectivity index is 1.88. The van der Waals surface area contributed by atoms with Gasteiger partial charge in [-0.3, -0.25) is 5.10 Å². The third kappa shape index (κ3) is 4.00. The van der Waals surface area contributed by atoms with Gasteiger partial charge in [-0.05, 0) is 32.9 Å². The smallest absolute Gasteiger partial charge is 0.153 e. The van der Waals surface area contributed by atoms with Crippen LogP contribution in [-0.4, -0.2) is 26.2 Å². The molecule has 130 valence electrons. The number of nitrogens with two attached hydrogens (primary N) is 1. The standard InChI is InChI=1S/C17H20ClN7/c1-9(2)21-13-7-11(4-5-12(13)18)16-17(19)23-15(8-20-16)22-14-6-10(3)24-25-14/h4-9,21H,1-3H3,(H4,19,22,23,24,25). The molecule has 1 aromatic carbocycles. The Morgan fingerprint density at radius 2 is 2.00 bits per heavy atom. The van der Waals surface area contributed by atoms with E-state index in [4.69, 9.17) is 17.3 Å². The summed E-state index contributed by atoms with van der Waals surface area (Å²) in [5, 5.41) is 14.0. The average molecular weight is 358 g/mol. The Hall–Kier alpha value is -2.80. The van der Waals surface area contributed by atoms with Crippen molar-refractivity contribution in [3.63, 3.8) is 0 Å². The molecule has 3 rings (SSSR count).